The van der Waals surface area contributed by atoms with Gasteiger partial charge >= 0.3 is 0 Å². The van der Waals surface area contributed by atoms with Crippen LogP contribution in [-0.4, -0.2) is 11.7 Å². The van der Waals surface area contributed by atoms with Crippen LogP contribution in [0.5, 0.6) is 0 Å². The summed E-state index contributed by atoms with van der Waals surface area (Å²) < 4.78 is 5.61. The van der Waals surface area contributed by atoms with E-state index in [-0.39, 0.29) is 5.60 Å². The molecule has 0 unspecified atom stereocenters. The van der Waals surface area contributed by atoms with Gasteiger partial charge in [-0.2, -0.15) is 0 Å². The molecule has 0 aromatic carbocycles. The van der Waals surface area contributed by atoms with Crippen molar-refractivity contribution in [1.82, 2.24) is 0 Å². The van der Waals surface area contributed by atoms with Crippen molar-refractivity contribution in [2.75, 3.05) is 0 Å². The molecule has 1 nitrogen and oxygen atoms in total. The Morgan fingerprint density at radius 1 is 1.50 bits per heavy atom. The van der Waals surface area contributed by atoms with E-state index in [9.17, 15) is 0 Å². The first-order valence-electron chi connectivity index (χ1n) is 3.67. The van der Waals surface area contributed by atoms with E-state index in [2.05, 4.69) is 26.7 Å². The maximum absolute atomic E-state index is 5.61. The average molecular weight is 138 g/mol. The number of hydrogen-bond acceptors (Lipinski definition) is 1. The first-order valence-corrected chi connectivity index (χ1v) is 3.67. The fraction of sp³-hybridized carbons (Fsp3) is 0.778. The molecule has 1 saturated carbocycles. The van der Waals surface area contributed by atoms with Gasteiger partial charge in [0, 0.05) is 5.92 Å². The van der Waals surface area contributed by atoms with Gasteiger partial charge in [-0.25, -0.2) is 0 Å². The van der Waals surface area contributed by atoms with E-state index in [1.165, 1.54) is 0 Å². The standard InChI is InChI=1S/C9H14O/c1-5-7-6-8(7)10-9(2,3)4/h1,7-8H,6H2,2-4H3/t7-,8-/m1/s1. The van der Waals surface area contributed by atoms with Crippen molar-refractivity contribution in [3.63, 3.8) is 0 Å². The molecule has 0 amide bonds. The van der Waals surface area contributed by atoms with Gasteiger partial charge < -0.3 is 4.74 Å². The van der Waals surface area contributed by atoms with E-state index >= 15 is 0 Å². The van der Waals surface area contributed by atoms with Crippen LogP contribution in [0, 0.1) is 18.3 Å². The Bertz CT molecular complexity index is 159. The summed E-state index contributed by atoms with van der Waals surface area (Å²) >= 11 is 0. The second-order valence-electron chi connectivity index (χ2n) is 3.78. The lowest BCUT2D eigenvalue weighted by molar-refractivity contribution is -0.0187. The molecule has 1 aliphatic rings. The number of ether oxygens (including phenoxy) is 1. The van der Waals surface area contributed by atoms with Crippen molar-refractivity contribution < 1.29 is 4.74 Å². The third-order valence-electron chi connectivity index (χ3n) is 1.45. The zero-order valence-electron chi connectivity index (χ0n) is 6.85. The molecule has 1 heteroatoms. The molecule has 0 radical (unpaired) electrons. The van der Waals surface area contributed by atoms with Crippen molar-refractivity contribution in [1.29, 1.82) is 0 Å². The van der Waals surface area contributed by atoms with Crippen LogP contribution in [-0.2, 0) is 4.74 Å². The molecule has 56 valence electrons. The second-order valence-corrected chi connectivity index (χ2v) is 3.78. The van der Waals surface area contributed by atoms with Gasteiger partial charge in [-0.3, -0.25) is 0 Å². The van der Waals surface area contributed by atoms with Gasteiger partial charge in [0.15, 0.2) is 0 Å². The summed E-state index contributed by atoms with van der Waals surface area (Å²) in [6, 6.07) is 0. The molecule has 0 saturated heterocycles. The van der Waals surface area contributed by atoms with E-state index in [1.807, 2.05) is 0 Å². The molecule has 1 rings (SSSR count). The minimum Gasteiger partial charge on any atom is -0.371 e. The van der Waals surface area contributed by atoms with Crippen LogP contribution >= 0.6 is 0 Å². The van der Waals surface area contributed by atoms with E-state index in [0.717, 1.165) is 6.42 Å². The molecule has 0 heterocycles. The summed E-state index contributed by atoms with van der Waals surface area (Å²) in [5, 5.41) is 0. The fourth-order valence-electron chi connectivity index (χ4n) is 0.931. The first kappa shape index (κ1) is 7.63. The normalized spacial score (nSPS) is 31.4. The quantitative estimate of drug-likeness (QED) is 0.502. The summed E-state index contributed by atoms with van der Waals surface area (Å²) in [4.78, 5) is 0. The van der Waals surface area contributed by atoms with Crippen molar-refractivity contribution in [2.45, 2.75) is 38.9 Å². The van der Waals surface area contributed by atoms with Crippen molar-refractivity contribution >= 4 is 0 Å². The van der Waals surface area contributed by atoms with E-state index < -0.39 is 0 Å². The molecular weight excluding hydrogens is 124 g/mol. The molecule has 0 N–H and O–H groups in total. The summed E-state index contributed by atoms with van der Waals surface area (Å²) in [5.41, 5.74) is -0.0315. The van der Waals surface area contributed by atoms with Crippen molar-refractivity contribution in [3.05, 3.63) is 0 Å². The molecule has 0 bridgehead atoms. The molecule has 0 aliphatic heterocycles. The summed E-state index contributed by atoms with van der Waals surface area (Å²) in [6.45, 7) is 6.16. The molecule has 0 aromatic rings. The monoisotopic (exact) mass is 138 g/mol. The maximum Gasteiger partial charge on any atom is 0.0733 e. The molecule has 1 fully saturated rings. The molecule has 0 aromatic heterocycles. The van der Waals surface area contributed by atoms with Crippen LogP contribution in [0.25, 0.3) is 0 Å². The van der Waals surface area contributed by atoms with E-state index in [0.29, 0.717) is 12.0 Å². The SMILES string of the molecule is C#C[C@@H]1C[C@H]1OC(C)(C)C. The largest absolute Gasteiger partial charge is 0.371 e. The smallest absolute Gasteiger partial charge is 0.0733 e. The van der Waals surface area contributed by atoms with Crippen molar-refractivity contribution in [3.8, 4) is 12.3 Å². The Morgan fingerprint density at radius 2 is 2.10 bits per heavy atom. The van der Waals surface area contributed by atoms with Gasteiger partial charge in [0.2, 0.25) is 0 Å². The predicted molar refractivity (Wildman–Crippen MR) is 41.6 cm³/mol. The predicted octanol–water partition coefficient (Wildman–Crippen LogP) is 1.82. The summed E-state index contributed by atoms with van der Waals surface area (Å²) in [7, 11) is 0. The fourth-order valence-corrected chi connectivity index (χ4v) is 0.931. The highest BCUT2D eigenvalue weighted by atomic mass is 16.5. The Kier molecular flexibility index (Phi) is 1.74. The first-order chi connectivity index (χ1) is 4.53. The second kappa shape index (κ2) is 2.29. The van der Waals surface area contributed by atoms with E-state index in [1.54, 1.807) is 0 Å². The molecule has 10 heavy (non-hydrogen) atoms. The van der Waals surface area contributed by atoms with Gasteiger partial charge in [0.25, 0.3) is 0 Å². The number of hydrogen-bond donors (Lipinski definition) is 0. The topological polar surface area (TPSA) is 9.23 Å². The highest BCUT2D eigenvalue weighted by molar-refractivity contribution is 5.09. The third kappa shape index (κ3) is 2.04. The summed E-state index contributed by atoms with van der Waals surface area (Å²) in [6.07, 6.45) is 6.60. The highest BCUT2D eigenvalue weighted by Crippen LogP contribution is 2.35. The molecule has 1 aliphatic carbocycles. The molecule has 0 spiro atoms. The van der Waals surface area contributed by atoms with Crippen LogP contribution in [0.2, 0.25) is 0 Å². The number of rotatable bonds is 1. The Hall–Kier alpha value is -0.480. The van der Waals surface area contributed by atoms with Crippen molar-refractivity contribution in [2.24, 2.45) is 5.92 Å². The molecular formula is C9H14O. The minimum absolute atomic E-state index is 0.0315. The van der Waals surface area contributed by atoms with E-state index in [4.69, 9.17) is 11.2 Å². The van der Waals surface area contributed by atoms with Crippen LogP contribution < -0.4 is 0 Å². The Labute approximate surface area is 62.8 Å². The number of terminal acetylenes is 1. The van der Waals surface area contributed by atoms with Gasteiger partial charge in [-0.1, -0.05) is 0 Å². The van der Waals surface area contributed by atoms with Gasteiger partial charge in [0.1, 0.15) is 0 Å². The lowest BCUT2D eigenvalue weighted by atomic mass is 10.2. The highest BCUT2D eigenvalue weighted by Gasteiger charge is 2.39. The van der Waals surface area contributed by atoms with Gasteiger partial charge in [-0.15, -0.1) is 12.3 Å². The van der Waals surface area contributed by atoms with Gasteiger partial charge in [0.05, 0.1) is 11.7 Å². The van der Waals surface area contributed by atoms with Crippen LogP contribution in [0.1, 0.15) is 27.2 Å². The summed E-state index contributed by atoms with van der Waals surface area (Å²) in [5.74, 6) is 3.07. The average Bonchev–Trinajstić information content (AvgIpc) is 2.42. The minimum atomic E-state index is -0.0315. The van der Waals surface area contributed by atoms with Crippen LogP contribution in [0.15, 0.2) is 0 Å². The lowest BCUT2D eigenvalue weighted by Crippen LogP contribution is -2.20. The Morgan fingerprint density at radius 3 is 2.40 bits per heavy atom. The van der Waals surface area contributed by atoms with Crippen LogP contribution in [0.4, 0.5) is 0 Å². The Balaban J connectivity index is 2.26. The third-order valence-corrected chi connectivity index (χ3v) is 1.45. The molecule has 2 atom stereocenters. The van der Waals surface area contributed by atoms with Crippen LogP contribution in [0.3, 0.4) is 0 Å². The lowest BCUT2D eigenvalue weighted by Gasteiger charge is -2.18. The van der Waals surface area contributed by atoms with Gasteiger partial charge in [-0.05, 0) is 27.2 Å². The zero-order valence-corrected chi connectivity index (χ0v) is 6.85. The zero-order chi connectivity index (χ0) is 7.78. The maximum atomic E-state index is 5.61.